The number of aryl methyl sites for hydroxylation is 2. The summed E-state index contributed by atoms with van der Waals surface area (Å²) in [7, 11) is 0. The van der Waals surface area contributed by atoms with Gasteiger partial charge in [0.1, 0.15) is 0 Å². The zero-order valence-electron chi connectivity index (χ0n) is 14.4. The number of thioether (sulfide) groups is 1. The molecule has 0 heterocycles. The van der Waals surface area contributed by atoms with Crippen LogP contribution in [-0.2, 0) is 4.79 Å². The number of nitrogens with one attached hydrogen (secondary N) is 1. The first-order chi connectivity index (χ1) is 11.5. The fourth-order valence-corrected chi connectivity index (χ4v) is 3.55. The number of rotatable bonds is 7. The summed E-state index contributed by atoms with van der Waals surface area (Å²) in [4.78, 5) is 13.3. The van der Waals surface area contributed by atoms with Crippen LogP contribution >= 0.6 is 23.4 Å². The van der Waals surface area contributed by atoms with Crippen molar-refractivity contribution in [3.63, 3.8) is 0 Å². The highest BCUT2D eigenvalue weighted by Crippen LogP contribution is 2.22. The zero-order chi connectivity index (χ0) is 17.5. The van der Waals surface area contributed by atoms with Crippen molar-refractivity contribution >= 4 is 29.3 Å². The molecule has 2 aromatic rings. The Kier molecular flexibility index (Phi) is 7.19. The van der Waals surface area contributed by atoms with Crippen LogP contribution in [0.1, 0.15) is 42.5 Å². The molecular weight excluding hydrogens is 338 g/mol. The van der Waals surface area contributed by atoms with Gasteiger partial charge in [-0.1, -0.05) is 35.4 Å². The van der Waals surface area contributed by atoms with Crippen molar-refractivity contribution in [1.29, 1.82) is 0 Å². The molecule has 2 nitrogen and oxygen atoms in total. The Morgan fingerprint density at radius 1 is 1.17 bits per heavy atom. The van der Waals surface area contributed by atoms with Crippen molar-refractivity contribution in [2.45, 2.75) is 44.6 Å². The van der Waals surface area contributed by atoms with Crippen LogP contribution in [0.25, 0.3) is 0 Å². The quantitative estimate of drug-likeness (QED) is 0.505. The second kappa shape index (κ2) is 9.14. The van der Waals surface area contributed by atoms with Gasteiger partial charge in [0.15, 0.2) is 0 Å². The lowest BCUT2D eigenvalue weighted by Gasteiger charge is -2.17. The van der Waals surface area contributed by atoms with Crippen LogP contribution < -0.4 is 5.32 Å². The third-order valence-electron chi connectivity index (χ3n) is 3.91. The summed E-state index contributed by atoms with van der Waals surface area (Å²) in [6.07, 6.45) is 1.41. The van der Waals surface area contributed by atoms with E-state index in [1.807, 2.05) is 31.2 Å². The molecule has 2 aromatic carbocycles. The molecule has 0 saturated carbocycles. The van der Waals surface area contributed by atoms with Crippen molar-refractivity contribution in [3.05, 3.63) is 64.2 Å². The number of hydrogen-bond acceptors (Lipinski definition) is 2. The second-order valence-corrected chi connectivity index (χ2v) is 7.66. The van der Waals surface area contributed by atoms with E-state index in [1.54, 1.807) is 11.8 Å². The first-order valence-corrected chi connectivity index (χ1v) is 9.57. The van der Waals surface area contributed by atoms with Crippen LogP contribution in [0.15, 0.2) is 47.4 Å². The van der Waals surface area contributed by atoms with E-state index in [2.05, 4.69) is 37.4 Å². The van der Waals surface area contributed by atoms with Gasteiger partial charge < -0.3 is 5.32 Å². The van der Waals surface area contributed by atoms with Gasteiger partial charge in [0, 0.05) is 16.3 Å². The van der Waals surface area contributed by atoms with Crippen molar-refractivity contribution in [2.24, 2.45) is 0 Å². The summed E-state index contributed by atoms with van der Waals surface area (Å²) >= 11 is 7.62. The van der Waals surface area contributed by atoms with Crippen molar-refractivity contribution in [3.8, 4) is 0 Å². The Morgan fingerprint density at radius 3 is 2.58 bits per heavy atom. The monoisotopic (exact) mass is 361 g/mol. The average Bonchev–Trinajstić information content (AvgIpc) is 2.55. The number of carbonyl (C=O) groups is 1. The molecule has 0 aliphatic carbocycles. The Balaban J connectivity index is 1.74. The molecular formula is C20H24ClNOS. The zero-order valence-corrected chi connectivity index (χ0v) is 16.0. The first kappa shape index (κ1) is 18.9. The van der Waals surface area contributed by atoms with Crippen LogP contribution in [0, 0.1) is 13.8 Å². The Hall–Kier alpha value is -1.45. The number of halogens is 1. The molecule has 128 valence electrons. The minimum Gasteiger partial charge on any atom is -0.350 e. The fraction of sp³-hybridized carbons (Fsp3) is 0.350. The Labute approximate surface area is 154 Å². The smallest absolute Gasteiger partial charge is 0.220 e. The maximum atomic E-state index is 12.1. The molecule has 0 aliphatic rings. The third-order valence-corrected chi connectivity index (χ3v) is 5.26. The van der Waals surface area contributed by atoms with Crippen molar-refractivity contribution < 1.29 is 4.79 Å². The van der Waals surface area contributed by atoms with E-state index < -0.39 is 0 Å². The van der Waals surface area contributed by atoms with Crippen LogP contribution in [0.5, 0.6) is 0 Å². The molecule has 0 saturated heterocycles. The number of hydrogen-bond donors (Lipinski definition) is 1. The van der Waals surface area contributed by atoms with Gasteiger partial charge >= 0.3 is 0 Å². The maximum Gasteiger partial charge on any atom is 0.220 e. The predicted molar refractivity (Wildman–Crippen MR) is 104 cm³/mol. The summed E-state index contributed by atoms with van der Waals surface area (Å²) in [6, 6.07) is 14.2. The molecule has 1 N–H and O–H groups in total. The standard InChI is InChI=1S/C20H24ClNOS/c1-14-6-7-15(2)19(13-14)16(3)22-20(23)5-4-12-24-18-10-8-17(21)9-11-18/h6-11,13,16H,4-5,12H2,1-3H3,(H,22,23)/t16-/m0/s1. The van der Waals surface area contributed by atoms with Gasteiger partial charge in [0.2, 0.25) is 5.91 Å². The van der Waals surface area contributed by atoms with E-state index in [4.69, 9.17) is 11.6 Å². The molecule has 1 amide bonds. The van der Waals surface area contributed by atoms with Gasteiger partial charge in [-0.2, -0.15) is 0 Å². The number of amides is 1. The van der Waals surface area contributed by atoms with Crippen LogP contribution in [0.2, 0.25) is 5.02 Å². The van der Waals surface area contributed by atoms with Crippen LogP contribution in [0.3, 0.4) is 0 Å². The Morgan fingerprint density at radius 2 is 1.88 bits per heavy atom. The highest BCUT2D eigenvalue weighted by molar-refractivity contribution is 7.99. The summed E-state index contributed by atoms with van der Waals surface area (Å²) in [5, 5.41) is 3.85. The van der Waals surface area contributed by atoms with E-state index in [0.717, 1.165) is 17.2 Å². The average molecular weight is 362 g/mol. The number of benzene rings is 2. The topological polar surface area (TPSA) is 29.1 Å². The molecule has 0 aliphatic heterocycles. The lowest BCUT2D eigenvalue weighted by molar-refractivity contribution is -0.121. The van der Waals surface area contributed by atoms with Crippen LogP contribution in [0.4, 0.5) is 0 Å². The molecule has 0 fully saturated rings. The lowest BCUT2D eigenvalue weighted by Crippen LogP contribution is -2.27. The molecule has 0 bridgehead atoms. The van der Waals surface area contributed by atoms with E-state index in [1.165, 1.54) is 21.6 Å². The fourth-order valence-electron chi connectivity index (χ4n) is 2.57. The molecule has 0 spiro atoms. The summed E-state index contributed by atoms with van der Waals surface area (Å²) in [5.74, 6) is 1.03. The van der Waals surface area contributed by atoms with E-state index in [0.29, 0.717) is 6.42 Å². The van der Waals surface area contributed by atoms with Gasteiger partial charge in [-0.05, 0) is 68.3 Å². The molecule has 24 heavy (non-hydrogen) atoms. The summed E-state index contributed by atoms with van der Waals surface area (Å²) < 4.78 is 0. The highest BCUT2D eigenvalue weighted by atomic mass is 35.5. The molecule has 0 unspecified atom stereocenters. The van der Waals surface area contributed by atoms with Gasteiger partial charge in [-0.3, -0.25) is 4.79 Å². The van der Waals surface area contributed by atoms with Crippen LogP contribution in [-0.4, -0.2) is 11.7 Å². The first-order valence-electron chi connectivity index (χ1n) is 8.20. The van der Waals surface area contributed by atoms with E-state index in [-0.39, 0.29) is 11.9 Å². The molecule has 4 heteroatoms. The predicted octanol–water partition coefficient (Wildman–Crippen LogP) is 5.71. The molecule has 1 atom stereocenters. The van der Waals surface area contributed by atoms with Gasteiger partial charge in [-0.25, -0.2) is 0 Å². The minimum absolute atomic E-state index is 0.0429. The van der Waals surface area contributed by atoms with Gasteiger partial charge in [0.25, 0.3) is 0 Å². The largest absolute Gasteiger partial charge is 0.350 e. The van der Waals surface area contributed by atoms with Gasteiger partial charge in [-0.15, -0.1) is 11.8 Å². The summed E-state index contributed by atoms with van der Waals surface area (Å²) in [5.41, 5.74) is 3.63. The van der Waals surface area contributed by atoms with Gasteiger partial charge in [0.05, 0.1) is 6.04 Å². The Bertz CT molecular complexity index is 685. The minimum atomic E-state index is 0.0429. The third kappa shape index (κ3) is 5.88. The normalized spacial score (nSPS) is 12.0. The van der Waals surface area contributed by atoms with Crippen molar-refractivity contribution in [2.75, 3.05) is 5.75 Å². The number of carbonyl (C=O) groups excluding carboxylic acids is 1. The highest BCUT2D eigenvalue weighted by Gasteiger charge is 2.11. The van der Waals surface area contributed by atoms with E-state index >= 15 is 0 Å². The SMILES string of the molecule is Cc1ccc(C)c([C@H](C)NC(=O)CCCSc2ccc(Cl)cc2)c1. The molecule has 2 rings (SSSR count). The maximum absolute atomic E-state index is 12.1. The molecule has 0 radical (unpaired) electrons. The second-order valence-electron chi connectivity index (χ2n) is 6.06. The van der Waals surface area contributed by atoms with E-state index in [9.17, 15) is 4.79 Å². The summed E-state index contributed by atoms with van der Waals surface area (Å²) in [6.45, 7) is 6.20. The molecule has 0 aromatic heterocycles. The lowest BCUT2D eigenvalue weighted by atomic mass is 10.00. The van der Waals surface area contributed by atoms with Crippen molar-refractivity contribution in [1.82, 2.24) is 5.32 Å².